The number of carbonyl (C=O) groups is 1. The molecule has 1 aromatic carbocycles. The zero-order chi connectivity index (χ0) is 18.2. The molecule has 0 saturated heterocycles. The summed E-state index contributed by atoms with van der Waals surface area (Å²) in [4.78, 5) is 18.2. The van der Waals surface area contributed by atoms with E-state index in [9.17, 15) is 4.79 Å². The highest BCUT2D eigenvalue weighted by Gasteiger charge is 2.10. The summed E-state index contributed by atoms with van der Waals surface area (Å²) < 4.78 is 0. The molecule has 0 aliphatic carbocycles. The molecule has 2 aromatic rings. The van der Waals surface area contributed by atoms with Crippen molar-refractivity contribution in [1.29, 1.82) is 0 Å². The standard InChI is InChI=1S/C20H24N4O/c1-5-12-24(13-6-2)20(25)22-17-10-11-19(21-14-17)23-18-9-7-8-15(3)16(18)4/h5-11,14H,1-2,12-13H2,3-4H3,(H,21,23)(H,22,25). The maximum absolute atomic E-state index is 12.2. The molecule has 130 valence electrons. The second-order valence-electron chi connectivity index (χ2n) is 5.72. The lowest BCUT2D eigenvalue weighted by atomic mass is 10.1. The van der Waals surface area contributed by atoms with Crippen LogP contribution in [0.2, 0.25) is 0 Å². The third-order valence-corrected chi connectivity index (χ3v) is 3.87. The summed E-state index contributed by atoms with van der Waals surface area (Å²) in [6, 6.07) is 9.54. The summed E-state index contributed by atoms with van der Waals surface area (Å²) in [6.07, 6.45) is 4.99. The fraction of sp³-hybridized carbons (Fsp3) is 0.200. The topological polar surface area (TPSA) is 57.3 Å². The van der Waals surface area contributed by atoms with Crippen molar-refractivity contribution < 1.29 is 4.79 Å². The van der Waals surface area contributed by atoms with Gasteiger partial charge in [-0.25, -0.2) is 9.78 Å². The minimum atomic E-state index is -0.211. The highest BCUT2D eigenvalue weighted by molar-refractivity contribution is 5.89. The van der Waals surface area contributed by atoms with Gasteiger partial charge in [-0.15, -0.1) is 13.2 Å². The van der Waals surface area contributed by atoms with Gasteiger partial charge in [-0.2, -0.15) is 0 Å². The van der Waals surface area contributed by atoms with Crippen LogP contribution in [0.25, 0.3) is 0 Å². The second-order valence-corrected chi connectivity index (χ2v) is 5.72. The fourth-order valence-corrected chi connectivity index (χ4v) is 2.32. The van der Waals surface area contributed by atoms with Crippen molar-refractivity contribution in [3.8, 4) is 0 Å². The van der Waals surface area contributed by atoms with E-state index in [1.807, 2.05) is 24.3 Å². The minimum Gasteiger partial charge on any atom is -0.340 e. The molecule has 2 N–H and O–H groups in total. The van der Waals surface area contributed by atoms with Gasteiger partial charge in [0, 0.05) is 18.8 Å². The van der Waals surface area contributed by atoms with E-state index in [0.717, 1.165) is 11.5 Å². The first kappa shape index (κ1) is 18.3. The van der Waals surface area contributed by atoms with Crippen LogP contribution in [0.3, 0.4) is 0 Å². The SMILES string of the molecule is C=CCN(CC=C)C(=O)Nc1ccc(Nc2cccc(C)c2C)nc1. The van der Waals surface area contributed by atoms with Gasteiger partial charge in [0.25, 0.3) is 0 Å². The molecule has 0 atom stereocenters. The number of urea groups is 1. The number of hydrogen-bond acceptors (Lipinski definition) is 3. The molecule has 25 heavy (non-hydrogen) atoms. The molecular weight excluding hydrogens is 312 g/mol. The zero-order valence-corrected chi connectivity index (χ0v) is 14.7. The number of nitrogens with zero attached hydrogens (tertiary/aromatic N) is 2. The number of hydrogen-bond donors (Lipinski definition) is 2. The van der Waals surface area contributed by atoms with Crippen LogP contribution in [-0.4, -0.2) is 29.0 Å². The van der Waals surface area contributed by atoms with E-state index in [4.69, 9.17) is 0 Å². The van der Waals surface area contributed by atoms with Gasteiger partial charge < -0.3 is 15.5 Å². The Bertz CT molecular complexity index is 743. The van der Waals surface area contributed by atoms with E-state index >= 15 is 0 Å². The molecule has 0 bridgehead atoms. The van der Waals surface area contributed by atoms with Crippen LogP contribution in [-0.2, 0) is 0 Å². The predicted octanol–water partition coefficient (Wildman–Crippen LogP) is 4.65. The molecule has 5 heteroatoms. The van der Waals surface area contributed by atoms with Gasteiger partial charge in [0.2, 0.25) is 0 Å². The van der Waals surface area contributed by atoms with Crippen molar-refractivity contribution in [1.82, 2.24) is 9.88 Å². The Morgan fingerprint density at radius 3 is 2.48 bits per heavy atom. The number of rotatable bonds is 7. The van der Waals surface area contributed by atoms with Crippen LogP contribution in [0.15, 0.2) is 61.8 Å². The van der Waals surface area contributed by atoms with Gasteiger partial charge >= 0.3 is 6.03 Å². The van der Waals surface area contributed by atoms with Gasteiger partial charge in [0.15, 0.2) is 0 Å². The van der Waals surface area contributed by atoms with Gasteiger partial charge in [-0.05, 0) is 43.2 Å². The molecule has 0 aliphatic rings. The first-order valence-corrected chi connectivity index (χ1v) is 8.12. The average Bonchev–Trinajstić information content (AvgIpc) is 2.60. The molecule has 2 amide bonds. The van der Waals surface area contributed by atoms with Crippen molar-refractivity contribution in [2.45, 2.75) is 13.8 Å². The van der Waals surface area contributed by atoms with E-state index < -0.39 is 0 Å². The number of benzene rings is 1. The third-order valence-electron chi connectivity index (χ3n) is 3.87. The van der Waals surface area contributed by atoms with Crippen molar-refractivity contribution in [2.75, 3.05) is 23.7 Å². The molecule has 2 rings (SSSR count). The third kappa shape index (κ3) is 4.94. The number of amides is 2. The maximum atomic E-state index is 12.2. The molecule has 1 aromatic heterocycles. The Hall–Kier alpha value is -3.08. The van der Waals surface area contributed by atoms with Crippen LogP contribution >= 0.6 is 0 Å². The summed E-state index contributed by atoms with van der Waals surface area (Å²) in [5.74, 6) is 0.723. The van der Waals surface area contributed by atoms with Gasteiger partial charge in [-0.1, -0.05) is 24.3 Å². The highest BCUT2D eigenvalue weighted by Crippen LogP contribution is 2.22. The maximum Gasteiger partial charge on any atom is 0.322 e. The Morgan fingerprint density at radius 2 is 1.88 bits per heavy atom. The normalized spacial score (nSPS) is 10.0. The van der Waals surface area contributed by atoms with Crippen molar-refractivity contribution >= 4 is 23.2 Å². The molecule has 0 spiro atoms. The fourth-order valence-electron chi connectivity index (χ4n) is 2.32. The smallest absolute Gasteiger partial charge is 0.322 e. The lowest BCUT2D eigenvalue weighted by Gasteiger charge is -2.19. The van der Waals surface area contributed by atoms with Gasteiger partial charge in [0.05, 0.1) is 11.9 Å². The monoisotopic (exact) mass is 336 g/mol. The van der Waals surface area contributed by atoms with Crippen LogP contribution in [0.5, 0.6) is 0 Å². The average molecular weight is 336 g/mol. The van der Waals surface area contributed by atoms with Crippen molar-refractivity contribution in [2.24, 2.45) is 0 Å². The quantitative estimate of drug-likeness (QED) is 0.724. The van der Waals surface area contributed by atoms with Crippen LogP contribution in [0.4, 0.5) is 22.0 Å². The van der Waals surface area contributed by atoms with Crippen LogP contribution in [0, 0.1) is 13.8 Å². The lowest BCUT2D eigenvalue weighted by molar-refractivity contribution is 0.222. The lowest BCUT2D eigenvalue weighted by Crippen LogP contribution is -2.35. The molecule has 0 aliphatic heterocycles. The Kier molecular flexibility index (Phi) is 6.34. The molecule has 1 heterocycles. The Balaban J connectivity index is 2.04. The Morgan fingerprint density at radius 1 is 1.16 bits per heavy atom. The molecular formula is C20H24N4O. The molecule has 0 unspecified atom stereocenters. The highest BCUT2D eigenvalue weighted by atomic mass is 16.2. The number of carbonyl (C=O) groups excluding carboxylic acids is 1. The van der Waals surface area contributed by atoms with E-state index in [1.54, 1.807) is 23.2 Å². The van der Waals surface area contributed by atoms with E-state index in [0.29, 0.717) is 18.8 Å². The largest absolute Gasteiger partial charge is 0.340 e. The van der Waals surface area contributed by atoms with Gasteiger partial charge in [0.1, 0.15) is 5.82 Å². The number of aryl methyl sites for hydroxylation is 1. The summed E-state index contributed by atoms with van der Waals surface area (Å²) in [6.45, 7) is 12.4. The molecule has 0 saturated carbocycles. The predicted molar refractivity (Wildman–Crippen MR) is 104 cm³/mol. The number of nitrogens with one attached hydrogen (secondary N) is 2. The summed E-state index contributed by atoms with van der Waals surface area (Å²) >= 11 is 0. The summed E-state index contributed by atoms with van der Waals surface area (Å²) in [5.41, 5.74) is 4.06. The summed E-state index contributed by atoms with van der Waals surface area (Å²) in [7, 11) is 0. The second kappa shape index (κ2) is 8.68. The number of anilines is 3. The Labute approximate surface area is 149 Å². The van der Waals surface area contributed by atoms with Crippen molar-refractivity contribution in [3.05, 3.63) is 73.0 Å². The molecule has 0 radical (unpaired) electrons. The van der Waals surface area contributed by atoms with E-state index in [-0.39, 0.29) is 6.03 Å². The van der Waals surface area contributed by atoms with E-state index in [1.165, 1.54) is 11.1 Å². The number of aromatic nitrogens is 1. The molecule has 5 nitrogen and oxygen atoms in total. The number of pyridine rings is 1. The molecule has 0 fully saturated rings. The van der Waals surface area contributed by atoms with Crippen LogP contribution in [0.1, 0.15) is 11.1 Å². The van der Waals surface area contributed by atoms with Gasteiger partial charge in [-0.3, -0.25) is 0 Å². The first-order valence-electron chi connectivity index (χ1n) is 8.12. The zero-order valence-electron chi connectivity index (χ0n) is 14.7. The first-order chi connectivity index (χ1) is 12.0. The summed E-state index contributed by atoms with van der Waals surface area (Å²) in [5, 5.41) is 6.12. The van der Waals surface area contributed by atoms with Crippen molar-refractivity contribution in [3.63, 3.8) is 0 Å². The van der Waals surface area contributed by atoms with Crippen LogP contribution < -0.4 is 10.6 Å². The minimum absolute atomic E-state index is 0.211. The van der Waals surface area contributed by atoms with E-state index in [2.05, 4.69) is 48.7 Å².